The first kappa shape index (κ1) is 10.7. The predicted octanol–water partition coefficient (Wildman–Crippen LogP) is 4.59. The van der Waals surface area contributed by atoms with Crippen LogP contribution in [-0.4, -0.2) is 6.04 Å². The highest BCUT2D eigenvalue weighted by atomic mass is 35.5. The van der Waals surface area contributed by atoms with Crippen molar-refractivity contribution in [3.8, 4) is 0 Å². The monoisotopic (exact) mass is 255 g/mol. The Morgan fingerprint density at radius 3 is 2.25 bits per heavy atom. The average molecular weight is 256 g/mol. The quantitative estimate of drug-likeness (QED) is 0.830. The molecule has 0 aliphatic heterocycles. The van der Waals surface area contributed by atoms with E-state index >= 15 is 0 Å². The summed E-state index contributed by atoms with van der Waals surface area (Å²) in [6.07, 6.45) is 5.47. The standard InChI is InChI=1S/C13H15Cl2N/c14-10-5-6-11(15)12(7-10)16-13(8-1-2-8)9-3-4-9/h5-9,13,16H,1-4H2. The van der Waals surface area contributed by atoms with Crippen molar-refractivity contribution in [2.75, 3.05) is 5.32 Å². The lowest BCUT2D eigenvalue weighted by Gasteiger charge is -2.20. The van der Waals surface area contributed by atoms with E-state index in [2.05, 4.69) is 5.32 Å². The highest BCUT2D eigenvalue weighted by molar-refractivity contribution is 6.35. The van der Waals surface area contributed by atoms with Crippen molar-refractivity contribution >= 4 is 28.9 Å². The number of benzene rings is 1. The van der Waals surface area contributed by atoms with Crippen molar-refractivity contribution in [2.24, 2.45) is 11.8 Å². The van der Waals surface area contributed by atoms with Crippen molar-refractivity contribution < 1.29 is 0 Å². The minimum Gasteiger partial charge on any atom is -0.381 e. The van der Waals surface area contributed by atoms with Crippen LogP contribution in [0, 0.1) is 11.8 Å². The SMILES string of the molecule is Clc1ccc(Cl)c(NC(C2CC2)C2CC2)c1. The van der Waals surface area contributed by atoms with Crippen LogP contribution in [0.5, 0.6) is 0 Å². The number of nitrogens with one attached hydrogen (secondary N) is 1. The van der Waals surface area contributed by atoms with Crippen LogP contribution in [0.25, 0.3) is 0 Å². The average Bonchev–Trinajstić information content (AvgIpc) is 3.13. The van der Waals surface area contributed by atoms with Crippen LogP contribution in [0.2, 0.25) is 10.0 Å². The maximum absolute atomic E-state index is 6.17. The second-order valence-corrected chi connectivity index (χ2v) is 5.81. The van der Waals surface area contributed by atoms with Gasteiger partial charge in [-0.3, -0.25) is 0 Å². The smallest absolute Gasteiger partial charge is 0.0638 e. The van der Waals surface area contributed by atoms with Crippen molar-refractivity contribution in [1.82, 2.24) is 0 Å². The molecule has 0 amide bonds. The Morgan fingerprint density at radius 1 is 1.06 bits per heavy atom. The van der Waals surface area contributed by atoms with E-state index < -0.39 is 0 Å². The minimum atomic E-state index is 0.621. The zero-order valence-corrected chi connectivity index (χ0v) is 10.6. The van der Waals surface area contributed by atoms with E-state index in [4.69, 9.17) is 23.2 Å². The Balaban J connectivity index is 1.78. The van der Waals surface area contributed by atoms with Gasteiger partial charge in [0.25, 0.3) is 0 Å². The van der Waals surface area contributed by atoms with Crippen molar-refractivity contribution in [2.45, 2.75) is 31.7 Å². The zero-order chi connectivity index (χ0) is 11.1. The molecule has 1 N–H and O–H groups in total. The Kier molecular flexibility index (Phi) is 2.76. The third-order valence-electron chi connectivity index (χ3n) is 3.51. The highest BCUT2D eigenvalue weighted by Gasteiger charge is 2.41. The normalized spacial score (nSPS) is 20.2. The maximum Gasteiger partial charge on any atom is 0.0638 e. The van der Waals surface area contributed by atoms with Gasteiger partial charge < -0.3 is 5.32 Å². The van der Waals surface area contributed by atoms with Gasteiger partial charge in [-0.2, -0.15) is 0 Å². The largest absolute Gasteiger partial charge is 0.381 e. The number of rotatable bonds is 4. The first-order valence-electron chi connectivity index (χ1n) is 5.95. The Bertz CT molecular complexity index is 385. The van der Waals surface area contributed by atoms with Gasteiger partial charge in [-0.15, -0.1) is 0 Å². The van der Waals surface area contributed by atoms with E-state index in [1.54, 1.807) is 0 Å². The van der Waals surface area contributed by atoms with Gasteiger partial charge in [-0.1, -0.05) is 23.2 Å². The van der Waals surface area contributed by atoms with E-state index in [1.807, 2.05) is 18.2 Å². The van der Waals surface area contributed by atoms with E-state index in [1.165, 1.54) is 25.7 Å². The molecule has 0 heterocycles. The molecule has 16 heavy (non-hydrogen) atoms. The molecular weight excluding hydrogens is 241 g/mol. The Labute approximate surface area is 106 Å². The van der Waals surface area contributed by atoms with Crippen LogP contribution in [0.15, 0.2) is 18.2 Å². The fraction of sp³-hybridized carbons (Fsp3) is 0.538. The van der Waals surface area contributed by atoms with Crippen LogP contribution in [0.3, 0.4) is 0 Å². The van der Waals surface area contributed by atoms with E-state index in [9.17, 15) is 0 Å². The highest BCUT2D eigenvalue weighted by Crippen LogP contribution is 2.46. The second kappa shape index (κ2) is 4.12. The summed E-state index contributed by atoms with van der Waals surface area (Å²) in [5.74, 6) is 1.73. The summed E-state index contributed by atoms with van der Waals surface area (Å²) in [6, 6.07) is 6.25. The molecule has 3 heteroatoms. The Hall–Kier alpha value is -0.400. The molecule has 0 aromatic heterocycles. The maximum atomic E-state index is 6.17. The topological polar surface area (TPSA) is 12.0 Å². The summed E-state index contributed by atoms with van der Waals surface area (Å²) in [5.41, 5.74) is 0.998. The first-order chi connectivity index (χ1) is 7.74. The van der Waals surface area contributed by atoms with Gasteiger partial charge in [0.15, 0.2) is 0 Å². The van der Waals surface area contributed by atoms with E-state index in [0.29, 0.717) is 6.04 Å². The molecule has 1 aromatic rings. The van der Waals surface area contributed by atoms with Gasteiger partial charge in [0.1, 0.15) is 0 Å². The molecule has 2 aliphatic carbocycles. The number of anilines is 1. The van der Waals surface area contributed by atoms with E-state index in [-0.39, 0.29) is 0 Å². The van der Waals surface area contributed by atoms with E-state index in [0.717, 1.165) is 27.6 Å². The summed E-state index contributed by atoms with van der Waals surface area (Å²) in [7, 11) is 0. The predicted molar refractivity (Wildman–Crippen MR) is 69.3 cm³/mol. The summed E-state index contributed by atoms with van der Waals surface area (Å²) in [6.45, 7) is 0. The zero-order valence-electron chi connectivity index (χ0n) is 9.05. The molecule has 1 aromatic carbocycles. The molecule has 0 unspecified atom stereocenters. The van der Waals surface area contributed by atoms with Gasteiger partial charge in [0, 0.05) is 11.1 Å². The summed E-state index contributed by atoms with van der Waals surface area (Å²) >= 11 is 12.2. The summed E-state index contributed by atoms with van der Waals surface area (Å²) < 4.78 is 0. The van der Waals surface area contributed by atoms with Crippen LogP contribution in [0.4, 0.5) is 5.69 Å². The minimum absolute atomic E-state index is 0.621. The molecule has 0 atom stereocenters. The van der Waals surface area contributed by atoms with Crippen LogP contribution < -0.4 is 5.32 Å². The Morgan fingerprint density at radius 2 is 1.69 bits per heavy atom. The fourth-order valence-electron chi connectivity index (χ4n) is 2.32. The van der Waals surface area contributed by atoms with Crippen molar-refractivity contribution in [1.29, 1.82) is 0 Å². The summed E-state index contributed by atoms with van der Waals surface area (Å²) in [5, 5.41) is 5.12. The second-order valence-electron chi connectivity index (χ2n) is 4.97. The molecule has 2 fully saturated rings. The lowest BCUT2D eigenvalue weighted by Crippen LogP contribution is -2.24. The molecular formula is C13H15Cl2N. The molecule has 2 saturated carbocycles. The van der Waals surface area contributed by atoms with Gasteiger partial charge in [0.2, 0.25) is 0 Å². The molecule has 0 bridgehead atoms. The number of halogens is 2. The fourth-order valence-corrected chi connectivity index (χ4v) is 2.66. The van der Waals surface area contributed by atoms with Crippen LogP contribution in [-0.2, 0) is 0 Å². The van der Waals surface area contributed by atoms with Crippen LogP contribution >= 0.6 is 23.2 Å². The lowest BCUT2D eigenvalue weighted by molar-refractivity contribution is 0.568. The van der Waals surface area contributed by atoms with Gasteiger partial charge in [-0.25, -0.2) is 0 Å². The summed E-state index contributed by atoms with van der Waals surface area (Å²) in [4.78, 5) is 0. The number of hydrogen-bond donors (Lipinski definition) is 1. The molecule has 0 saturated heterocycles. The van der Waals surface area contributed by atoms with Crippen molar-refractivity contribution in [3.63, 3.8) is 0 Å². The molecule has 0 spiro atoms. The third-order valence-corrected chi connectivity index (χ3v) is 4.08. The van der Waals surface area contributed by atoms with Gasteiger partial charge >= 0.3 is 0 Å². The molecule has 3 rings (SSSR count). The molecule has 86 valence electrons. The molecule has 1 nitrogen and oxygen atoms in total. The molecule has 0 radical (unpaired) electrons. The first-order valence-corrected chi connectivity index (χ1v) is 6.71. The third kappa shape index (κ3) is 2.31. The number of hydrogen-bond acceptors (Lipinski definition) is 1. The van der Waals surface area contributed by atoms with Gasteiger partial charge in [-0.05, 0) is 55.7 Å². The molecule has 2 aliphatic rings. The lowest BCUT2D eigenvalue weighted by atomic mass is 10.1. The van der Waals surface area contributed by atoms with Crippen LogP contribution in [0.1, 0.15) is 25.7 Å². The van der Waals surface area contributed by atoms with Gasteiger partial charge in [0.05, 0.1) is 10.7 Å². The van der Waals surface area contributed by atoms with Crippen molar-refractivity contribution in [3.05, 3.63) is 28.2 Å².